The summed E-state index contributed by atoms with van der Waals surface area (Å²) < 4.78 is 24.8. The average molecular weight is 308 g/mol. The fourth-order valence-electron chi connectivity index (χ4n) is 3.64. The fraction of sp³-hybridized carbons (Fsp3) is 0.647. The minimum atomic E-state index is -0.229. The van der Waals surface area contributed by atoms with Crippen LogP contribution in [-0.2, 0) is 11.3 Å². The number of rotatable bonds is 4. The molecule has 2 heterocycles. The molecule has 2 fully saturated rings. The van der Waals surface area contributed by atoms with Gasteiger partial charge in [-0.05, 0) is 12.0 Å². The molecule has 0 radical (unpaired) electrons. The van der Waals surface area contributed by atoms with E-state index < -0.39 is 0 Å². The Bertz CT molecular complexity index is 505. The van der Waals surface area contributed by atoms with Gasteiger partial charge in [0.2, 0.25) is 0 Å². The van der Waals surface area contributed by atoms with Crippen LogP contribution in [0.5, 0.6) is 5.75 Å². The van der Waals surface area contributed by atoms with Crippen LogP contribution in [0.25, 0.3) is 0 Å². The maximum absolute atomic E-state index is 14.3. The third-order valence-electron chi connectivity index (χ3n) is 4.82. The Morgan fingerprint density at radius 1 is 1.27 bits per heavy atom. The summed E-state index contributed by atoms with van der Waals surface area (Å²) in [5.74, 6) is 0.703. The van der Waals surface area contributed by atoms with Crippen molar-refractivity contribution in [3.05, 3.63) is 29.6 Å². The first kappa shape index (κ1) is 15.7. The summed E-state index contributed by atoms with van der Waals surface area (Å²) in [6, 6.07) is 5.93. The molecule has 0 unspecified atom stereocenters. The minimum Gasteiger partial charge on any atom is -0.494 e. The van der Waals surface area contributed by atoms with E-state index >= 15 is 0 Å². The number of hydrogen-bond donors (Lipinski definition) is 0. The van der Waals surface area contributed by atoms with Crippen molar-refractivity contribution in [3.8, 4) is 5.75 Å². The highest BCUT2D eigenvalue weighted by Gasteiger charge is 2.34. The number of likely N-dealkylation sites (tertiary alicyclic amines) is 1. The number of ether oxygens (including phenoxy) is 2. The second kappa shape index (κ2) is 6.94. The summed E-state index contributed by atoms with van der Waals surface area (Å²) in [4.78, 5) is 4.87. The summed E-state index contributed by atoms with van der Waals surface area (Å²) in [7, 11) is 1.51. The Morgan fingerprint density at radius 2 is 2.05 bits per heavy atom. The quantitative estimate of drug-likeness (QED) is 0.849. The Labute approximate surface area is 131 Å². The molecule has 22 heavy (non-hydrogen) atoms. The third-order valence-corrected chi connectivity index (χ3v) is 4.82. The minimum absolute atomic E-state index is 0.229. The molecule has 2 aliphatic rings. The highest BCUT2D eigenvalue weighted by atomic mass is 19.1. The van der Waals surface area contributed by atoms with E-state index in [-0.39, 0.29) is 5.82 Å². The monoisotopic (exact) mass is 308 g/mol. The van der Waals surface area contributed by atoms with Crippen molar-refractivity contribution in [3.63, 3.8) is 0 Å². The summed E-state index contributed by atoms with van der Waals surface area (Å²) >= 11 is 0. The van der Waals surface area contributed by atoms with Crippen molar-refractivity contribution < 1.29 is 13.9 Å². The predicted octanol–water partition coefficient (Wildman–Crippen LogP) is 1.99. The normalized spacial score (nSPS) is 27.2. The summed E-state index contributed by atoms with van der Waals surface area (Å²) in [6.07, 6.45) is 0. The molecule has 5 heteroatoms. The van der Waals surface area contributed by atoms with E-state index in [4.69, 9.17) is 9.47 Å². The van der Waals surface area contributed by atoms with Gasteiger partial charge >= 0.3 is 0 Å². The fourth-order valence-corrected chi connectivity index (χ4v) is 3.64. The highest BCUT2D eigenvalue weighted by Crippen LogP contribution is 2.26. The molecule has 0 aliphatic carbocycles. The summed E-state index contributed by atoms with van der Waals surface area (Å²) in [5.41, 5.74) is 0.717. The second-order valence-corrected chi connectivity index (χ2v) is 6.32. The molecule has 2 saturated heterocycles. The van der Waals surface area contributed by atoms with Crippen LogP contribution in [0, 0.1) is 11.7 Å². The van der Waals surface area contributed by atoms with Gasteiger partial charge in [-0.2, -0.15) is 0 Å². The van der Waals surface area contributed by atoms with E-state index in [1.807, 2.05) is 12.1 Å². The maximum atomic E-state index is 14.3. The van der Waals surface area contributed by atoms with Crippen LogP contribution < -0.4 is 4.74 Å². The molecule has 1 aromatic carbocycles. The molecule has 4 nitrogen and oxygen atoms in total. The van der Waals surface area contributed by atoms with Crippen LogP contribution in [0.2, 0.25) is 0 Å². The molecule has 3 rings (SSSR count). The Balaban J connectivity index is 1.64. The number of methoxy groups -OCH3 is 1. The first-order chi connectivity index (χ1) is 10.7. The molecule has 2 aliphatic heterocycles. The van der Waals surface area contributed by atoms with Crippen molar-refractivity contribution >= 4 is 0 Å². The van der Waals surface area contributed by atoms with Crippen LogP contribution in [0.1, 0.15) is 12.5 Å². The molecule has 1 aromatic rings. The van der Waals surface area contributed by atoms with Gasteiger partial charge < -0.3 is 9.47 Å². The number of hydrogen-bond acceptors (Lipinski definition) is 4. The van der Waals surface area contributed by atoms with E-state index in [1.165, 1.54) is 7.11 Å². The molecule has 0 N–H and O–H groups in total. The highest BCUT2D eigenvalue weighted by molar-refractivity contribution is 5.31. The smallest absolute Gasteiger partial charge is 0.169 e. The number of halogens is 1. The lowest BCUT2D eigenvalue weighted by Gasteiger charge is -2.34. The molecule has 0 saturated carbocycles. The van der Waals surface area contributed by atoms with Crippen molar-refractivity contribution in [2.75, 3.05) is 46.5 Å². The third kappa shape index (κ3) is 3.26. The zero-order chi connectivity index (χ0) is 15.5. The van der Waals surface area contributed by atoms with Gasteiger partial charge in [-0.3, -0.25) is 9.80 Å². The molecule has 2 atom stereocenters. The van der Waals surface area contributed by atoms with E-state index in [0.29, 0.717) is 29.8 Å². The predicted molar refractivity (Wildman–Crippen MR) is 83.6 cm³/mol. The number of benzene rings is 1. The lowest BCUT2D eigenvalue weighted by Crippen LogP contribution is -2.46. The van der Waals surface area contributed by atoms with E-state index in [1.54, 1.807) is 6.07 Å². The largest absolute Gasteiger partial charge is 0.494 e. The van der Waals surface area contributed by atoms with Gasteiger partial charge in [0.05, 0.1) is 20.3 Å². The summed E-state index contributed by atoms with van der Waals surface area (Å²) in [6.45, 7) is 8.63. The number of nitrogens with zero attached hydrogens (tertiary/aromatic N) is 2. The molecule has 122 valence electrons. The lowest BCUT2D eigenvalue weighted by molar-refractivity contribution is 0.0117. The molecular weight excluding hydrogens is 283 g/mol. The molecule has 0 bridgehead atoms. The van der Waals surface area contributed by atoms with Gasteiger partial charge in [0, 0.05) is 44.3 Å². The van der Waals surface area contributed by atoms with Crippen molar-refractivity contribution in [2.45, 2.75) is 19.5 Å². The van der Waals surface area contributed by atoms with E-state index in [2.05, 4.69) is 16.7 Å². The van der Waals surface area contributed by atoms with Gasteiger partial charge in [-0.25, -0.2) is 4.39 Å². The van der Waals surface area contributed by atoms with Gasteiger partial charge in [-0.15, -0.1) is 0 Å². The van der Waals surface area contributed by atoms with Crippen molar-refractivity contribution in [1.29, 1.82) is 0 Å². The average Bonchev–Trinajstić information content (AvgIpc) is 2.91. The molecule has 0 amide bonds. The first-order valence-corrected chi connectivity index (χ1v) is 8.04. The SMILES string of the molecule is COc1cccc(CN2C[C@@H](C)[C@H](N3CCOCC3)C2)c1F. The number of morpholine rings is 1. The molecule has 0 spiro atoms. The van der Waals surface area contributed by atoms with E-state index in [9.17, 15) is 4.39 Å². The van der Waals surface area contributed by atoms with Crippen molar-refractivity contribution in [1.82, 2.24) is 9.80 Å². The van der Waals surface area contributed by atoms with Crippen LogP contribution in [-0.4, -0.2) is 62.3 Å². The summed E-state index contributed by atoms with van der Waals surface area (Å²) in [5, 5.41) is 0. The Kier molecular flexibility index (Phi) is 4.96. The van der Waals surface area contributed by atoms with Gasteiger partial charge in [0.15, 0.2) is 11.6 Å². The Hall–Kier alpha value is -1.17. The van der Waals surface area contributed by atoms with Gasteiger partial charge in [-0.1, -0.05) is 19.1 Å². The molecule has 0 aromatic heterocycles. The molecular formula is C17H25FN2O2. The van der Waals surface area contributed by atoms with Crippen LogP contribution >= 0.6 is 0 Å². The maximum Gasteiger partial charge on any atom is 0.169 e. The van der Waals surface area contributed by atoms with E-state index in [0.717, 1.165) is 39.4 Å². The first-order valence-electron chi connectivity index (χ1n) is 8.04. The second-order valence-electron chi connectivity index (χ2n) is 6.32. The zero-order valence-electron chi connectivity index (χ0n) is 13.4. The zero-order valence-corrected chi connectivity index (χ0v) is 13.4. The standard InChI is InChI=1S/C17H25FN2O2/c1-13-10-19(12-15(13)20-6-8-22-9-7-20)11-14-4-3-5-16(21-2)17(14)18/h3-5,13,15H,6-12H2,1-2H3/t13-,15-/m1/s1. The van der Waals surface area contributed by atoms with Crippen LogP contribution in [0.3, 0.4) is 0 Å². The van der Waals surface area contributed by atoms with Crippen LogP contribution in [0.15, 0.2) is 18.2 Å². The van der Waals surface area contributed by atoms with Gasteiger partial charge in [0.25, 0.3) is 0 Å². The Morgan fingerprint density at radius 3 is 2.77 bits per heavy atom. The topological polar surface area (TPSA) is 24.9 Å². The van der Waals surface area contributed by atoms with Gasteiger partial charge in [0.1, 0.15) is 0 Å². The van der Waals surface area contributed by atoms with Crippen LogP contribution in [0.4, 0.5) is 4.39 Å². The lowest BCUT2D eigenvalue weighted by atomic mass is 10.0. The van der Waals surface area contributed by atoms with Crippen molar-refractivity contribution in [2.24, 2.45) is 5.92 Å².